The summed E-state index contributed by atoms with van der Waals surface area (Å²) >= 11 is 0. The van der Waals surface area contributed by atoms with Crippen LogP contribution in [0.5, 0.6) is 17.2 Å². The number of benzene rings is 3. The van der Waals surface area contributed by atoms with E-state index in [-0.39, 0.29) is 22.7 Å². The molecule has 0 aliphatic carbocycles. The van der Waals surface area contributed by atoms with Crippen LogP contribution in [0.3, 0.4) is 0 Å². The number of nitrogens with zero attached hydrogens (tertiary/aromatic N) is 1. The number of rotatable bonds is 8. The van der Waals surface area contributed by atoms with Gasteiger partial charge in [-0.1, -0.05) is 31.5 Å². The first kappa shape index (κ1) is 21.2. The monoisotopic (exact) mass is 434 g/mol. The van der Waals surface area contributed by atoms with Crippen LogP contribution >= 0.6 is 0 Å². The number of fused-ring (bicyclic) bond motifs is 2. The highest BCUT2D eigenvalue weighted by Crippen LogP contribution is 2.45. The molecule has 8 heteroatoms. The Morgan fingerprint density at radius 1 is 1.12 bits per heavy atom. The predicted molar refractivity (Wildman–Crippen MR) is 120 cm³/mol. The van der Waals surface area contributed by atoms with Crippen molar-refractivity contribution in [3.63, 3.8) is 0 Å². The van der Waals surface area contributed by atoms with Gasteiger partial charge in [-0.25, -0.2) is 4.79 Å². The van der Waals surface area contributed by atoms with Crippen molar-refractivity contribution in [3.8, 4) is 17.2 Å². The molecular weight excluding hydrogens is 412 g/mol. The van der Waals surface area contributed by atoms with Crippen LogP contribution in [0.4, 0.5) is 17.1 Å². The fourth-order valence-corrected chi connectivity index (χ4v) is 3.52. The Morgan fingerprint density at radius 3 is 2.69 bits per heavy atom. The Hall–Kier alpha value is -4.07. The summed E-state index contributed by atoms with van der Waals surface area (Å²) in [4.78, 5) is 22.2. The highest BCUT2D eigenvalue weighted by atomic mass is 16.6. The van der Waals surface area contributed by atoms with E-state index in [9.17, 15) is 20.0 Å². The molecule has 0 aromatic heterocycles. The van der Waals surface area contributed by atoms with Gasteiger partial charge in [-0.05, 0) is 48.2 Å². The Bertz CT molecular complexity index is 1190. The molecule has 3 aromatic carbocycles. The lowest BCUT2D eigenvalue weighted by molar-refractivity contribution is -0.384. The Morgan fingerprint density at radius 2 is 1.94 bits per heavy atom. The van der Waals surface area contributed by atoms with Gasteiger partial charge in [0.2, 0.25) is 0 Å². The second-order valence-corrected chi connectivity index (χ2v) is 7.51. The first-order chi connectivity index (χ1) is 15.4. The number of carbonyl (C=O) groups is 1. The van der Waals surface area contributed by atoms with Gasteiger partial charge in [0, 0.05) is 6.07 Å². The summed E-state index contributed by atoms with van der Waals surface area (Å²) in [5.74, 6) is 0.131. The van der Waals surface area contributed by atoms with Crippen LogP contribution in [0.1, 0.15) is 41.3 Å². The molecule has 1 aliphatic heterocycles. The molecular formula is C24H22N2O6. The second-order valence-electron chi connectivity index (χ2n) is 7.51. The van der Waals surface area contributed by atoms with Gasteiger partial charge < -0.3 is 19.9 Å². The molecule has 0 bridgehead atoms. The molecule has 0 saturated carbocycles. The fourth-order valence-electron chi connectivity index (χ4n) is 3.52. The highest BCUT2D eigenvalue weighted by Gasteiger charge is 2.26. The van der Waals surface area contributed by atoms with E-state index in [0.29, 0.717) is 24.5 Å². The van der Waals surface area contributed by atoms with Crippen LogP contribution in [0.2, 0.25) is 0 Å². The Kier molecular flexibility index (Phi) is 5.93. The molecule has 1 heterocycles. The molecule has 0 amide bonds. The Labute approximate surface area is 184 Å². The minimum Gasteiger partial charge on any atom is -0.494 e. The molecule has 1 aliphatic rings. The summed E-state index contributed by atoms with van der Waals surface area (Å²) in [5, 5.41) is 23.7. The average Bonchev–Trinajstić information content (AvgIpc) is 2.77. The van der Waals surface area contributed by atoms with Crippen molar-refractivity contribution in [2.24, 2.45) is 0 Å². The molecule has 3 aromatic rings. The van der Waals surface area contributed by atoms with E-state index in [1.165, 1.54) is 6.07 Å². The summed E-state index contributed by atoms with van der Waals surface area (Å²) in [5.41, 5.74) is 2.27. The smallest absolute Gasteiger partial charge is 0.338 e. The van der Waals surface area contributed by atoms with E-state index >= 15 is 0 Å². The van der Waals surface area contributed by atoms with E-state index in [4.69, 9.17) is 9.47 Å². The van der Waals surface area contributed by atoms with Crippen LogP contribution in [0.15, 0.2) is 54.6 Å². The van der Waals surface area contributed by atoms with Crippen LogP contribution in [-0.2, 0) is 6.42 Å². The third-order valence-corrected chi connectivity index (χ3v) is 5.13. The molecule has 0 fully saturated rings. The van der Waals surface area contributed by atoms with Gasteiger partial charge in [0.05, 0.1) is 34.5 Å². The summed E-state index contributed by atoms with van der Waals surface area (Å²) in [7, 11) is 0. The number of carboxylic acid groups (broad SMARTS) is 1. The standard InChI is InChI=1S/C24H22N2O6/c1-2-3-9-31-18-6-4-5-15(11-18)10-16-7-8-20-21(12-16)32-22-14-17(26(29)30)13-19(24(27)28)23(22)25-20/h4-8,11-14,25H,2-3,9-10H2,1H3,(H,27,28). The number of unbranched alkanes of at least 4 members (excludes halogenated alkanes) is 1. The normalized spacial score (nSPS) is 11.5. The molecule has 32 heavy (non-hydrogen) atoms. The zero-order chi connectivity index (χ0) is 22.7. The maximum atomic E-state index is 11.6. The third kappa shape index (κ3) is 4.49. The van der Waals surface area contributed by atoms with E-state index in [1.54, 1.807) is 0 Å². The topological polar surface area (TPSA) is 111 Å². The quantitative estimate of drug-likeness (QED) is 0.201. The molecule has 0 unspecified atom stereocenters. The van der Waals surface area contributed by atoms with Crippen molar-refractivity contribution in [2.75, 3.05) is 11.9 Å². The first-order valence-corrected chi connectivity index (χ1v) is 10.3. The lowest BCUT2D eigenvalue weighted by Crippen LogP contribution is -2.10. The van der Waals surface area contributed by atoms with Gasteiger partial charge in [-0.3, -0.25) is 10.1 Å². The number of aromatic carboxylic acids is 1. The molecule has 0 saturated heterocycles. The summed E-state index contributed by atoms with van der Waals surface area (Å²) in [6.45, 7) is 2.80. The maximum Gasteiger partial charge on any atom is 0.338 e. The number of anilines is 2. The lowest BCUT2D eigenvalue weighted by atomic mass is 10.0. The van der Waals surface area contributed by atoms with Crippen molar-refractivity contribution in [3.05, 3.63) is 81.4 Å². The molecule has 0 radical (unpaired) electrons. The van der Waals surface area contributed by atoms with Crippen LogP contribution < -0.4 is 14.8 Å². The number of ether oxygens (including phenoxy) is 2. The number of hydrogen-bond acceptors (Lipinski definition) is 6. The summed E-state index contributed by atoms with van der Waals surface area (Å²) in [6.07, 6.45) is 2.72. The van der Waals surface area contributed by atoms with Gasteiger partial charge in [-0.2, -0.15) is 0 Å². The number of hydrogen-bond donors (Lipinski definition) is 2. The summed E-state index contributed by atoms with van der Waals surface area (Å²) < 4.78 is 11.6. The van der Waals surface area contributed by atoms with Gasteiger partial charge in [0.1, 0.15) is 5.75 Å². The molecule has 0 atom stereocenters. The van der Waals surface area contributed by atoms with Gasteiger partial charge in [0.25, 0.3) is 5.69 Å². The molecule has 8 nitrogen and oxygen atoms in total. The van der Waals surface area contributed by atoms with Crippen molar-refractivity contribution < 1.29 is 24.3 Å². The molecule has 4 rings (SSSR count). The largest absolute Gasteiger partial charge is 0.494 e. The van der Waals surface area contributed by atoms with Gasteiger partial charge >= 0.3 is 5.97 Å². The molecule has 2 N–H and O–H groups in total. The number of nitro groups is 1. The number of non-ortho nitro benzene ring substituents is 1. The average molecular weight is 434 g/mol. The number of nitro benzene ring substituents is 1. The highest BCUT2D eigenvalue weighted by molar-refractivity contribution is 5.99. The lowest BCUT2D eigenvalue weighted by Gasteiger charge is -2.23. The fraction of sp³-hybridized carbons (Fsp3) is 0.208. The summed E-state index contributed by atoms with van der Waals surface area (Å²) in [6, 6.07) is 15.7. The molecule has 164 valence electrons. The molecule has 0 spiro atoms. The van der Waals surface area contributed by atoms with Crippen molar-refractivity contribution in [1.82, 2.24) is 0 Å². The first-order valence-electron chi connectivity index (χ1n) is 10.3. The minimum atomic E-state index is -1.28. The maximum absolute atomic E-state index is 11.6. The number of nitrogens with one attached hydrogen (secondary N) is 1. The van der Waals surface area contributed by atoms with Crippen molar-refractivity contribution >= 4 is 23.0 Å². The van der Waals surface area contributed by atoms with E-state index < -0.39 is 10.9 Å². The minimum absolute atomic E-state index is 0.104. The van der Waals surface area contributed by atoms with E-state index in [2.05, 4.69) is 12.2 Å². The number of carboxylic acids is 1. The van der Waals surface area contributed by atoms with Crippen molar-refractivity contribution in [1.29, 1.82) is 0 Å². The van der Waals surface area contributed by atoms with Crippen LogP contribution in [0, 0.1) is 10.1 Å². The predicted octanol–water partition coefficient (Wildman–Crippen LogP) is 5.91. The second kappa shape index (κ2) is 8.97. The Balaban J connectivity index is 1.58. The van der Waals surface area contributed by atoms with Gasteiger partial charge in [0.15, 0.2) is 11.5 Å². The third-order valence-electron chi connectivity index (χ3n) is 5.13. The SMILES string of the molecule is CCCCOc1cccc(Cc2ccc3c(c2)Oc2cc([N+](=O)[O-])cc(C(=O)O)c2N3)c1. The van der Waals surface area contributed by atoms with E-state index in [1.807, 2.05) is 42.5 Å². The van der Waals surface area contributed by atoms with Gasteiger partial charge in [-0.15, -0.1) is 0 Å². The zero-order valence-corrected chi connectivity index (χ0v) is 17.5. The zero-order valence-electron chi connectivity index (χ0n) is 17.5. The van der Waals surface area contributed by atoms with Crippen LogP contribution in [-0.4, -0.2) is 22.6 Å². The van der Waals surface area contributed by atoms with E-state index in [0.717, 1.165) is 35.8 Å². The van der Waals surface area contributed by atoms with Crippen LogP contribution in [0.25, 0.3) is 0 Å². The van der Waals surface area contributed by atoms with Crippen molar-refractivity contribution in [2.45, 2.75) is 26.2 Å².